The second-order valence-electron chi connectivity index (χ2n) is 3.61. The maximum atomic E-state index is 12.3. The van der Waals surface area contributed by atoms with Gasteiger partial charge in [0.2, 0.25) is 5.78 Å². The van der Waals surface area contributed by atoms with Crippen molar-refractivity contribution in [3.8, 4) is 5.75 Å². The quantitative estimate of drug-likeness (QED) is 0.787. The topological polar surface area (TPSA) is 26.3 Å². The Morgan fingerprint density at radius 1 is 1.35 bits per heavy atom. The summed E-state index contributed by atoms with van der Waals surface area (Å²) in [6.45, 7) is 1.87. The van der Waals surface area contributed by atoms with E-state index >= 15 is 0 Å². The molecule has 0 radical (unpaired) electrons. The Morgan fingerprint density at radius 3 is 2.76 bits per heavy atom. The Labute approximate surface area is 109 Å². The number of thiophene rings is 1. The molecule has 0 amide bonds. The lowest BCUT2D eigenvalue weighted by Gasteiger charge is -2.05. The molecular formula is C13H11ClO2S. The van der Waals surface area contributed by atoms with Crippen LogP contribution in [0.4, 0.5) is 0 Å². The molecule has 0 saturated carbocycles. The fourth-order valence-corrected chi connectivity index (χ4v) is 2.67. The van der Waals surface area contributed by atoms with Gasteiger partial charge >= 0.3 is 0 Å². The largest absolute Gasteiger partial charge is 0.495 e. The Bertz CT molecular complexity index is 560. The molecule has 0 unspecified atom stereocenters. The third-order valence-corrected chi connectivity index (χ3v) is 3.62. The van der Waals surface area contributed by atoms with E-state index in [9.17, 15) is 4.79 Å². The van der Waals surface area contributed by atoms with Crippen LogP contribution in [-0.4, -0.2) is 12.9 Å². The number of ether oxygens (including phenoxy) is 1. The fourth-order valence-electron chi connectivity index (χ4n) is 1.63. The van der Waals surface area contributed by atoms with Gasteiger partial charge in [-0.15, -0.1) is 11.3 Å². The highest BCUT2D eigenvalue weighted by atomic mass is 35.5. The third-order valence-electron chi connectivity index (χ3n) is 2.49. The van der Waals surface area contributed by atoms with Crippen LogP contribution < -0.4 is 4.74 Å². The molecule has 2 rings (SSSR count). The molecule has 2 nitrogen and oxygen atoms in total. The van der Waals surface area contributed by atoms with Crippen molar-refractivity contribution in [2.45, 2.75) is 6.92 Å². The molecule has 88 valence electrons. The molecule has 2 aromatic rings. The van der Waals surface area contributed by atoms with E-state index < -0.39 is 0 Å². The number of aryl methyl sites for hydroxylation is 1. The Morgan fingerprint density at radius 2 is 2.12 bits per heavy atom. The minimum absolute atomic E-state index is 0.0222. The van der Waals surface area contributed by atoms with Crippen molar-refractivity contribution < 1.29 is 9.53 Å². The Hall–Kier alpha value is -1.32. The Balaban J connectivity index is 2.44. The molecule has 0 atom stereocenters. The van der Waals surface area contributed by atoms with E-state index in [1.807, 2.05) is 12.3 Å². The second kappa shape index (κ2) is 4.90. The standard InChI is InChI=1S/C13H11ClO2S/c1-8-7-9(14)3-4-10(8)12(15)13-11(16-2)5-6-17-13/h3-7H,1-2H3. The van der Waals surface area contributed by atoms with Crippen molar-refractivity contribution in [2.75, 3.05) is 7.11 Å². The molecular weight excluding hydrogens is 256 g/mol. The number of halogens is 1. The second-order valence-corrected chi connectivity index (χ2v) is 4.96. The first-order valence-electron chi connectivity index (χ1n) is 5.06. The molecule has 1 heterocycles. The maximum absolute atomic E-state index is 12.3. The Kier molecular flexibility index (Phi) is 3.50. The van der Waals surface area contributed by atoms with Crippen LogP contribution in [0, 0.1) is 6.92 Å². The summed E-state index contributed by atoms with van der Waals surface area (Å²) >= 11 is 7.25. The smallest absolute Gasteiger partial charge is 0.206 e. The summed E-state index contributed by atoms with van der Waals surface area (Å²) in [6, 6.07) is 7.05. The van der Waals surface area contributed by atoms with E-state index in [0.29, 0.717) is 21.2 Å². The monoisotopic (exact) mass is 266 g/mol. The average molecular weight is 267 g/mol. The number of rotatable bonds is 3. The molecule has 17 heavy (non-hydrogen) atoms. The average Bonchev–Trinajstić information content (AvgIpc) is 2.76. The van der Waals surface area contributed by atoms with Crippen molar-refractivity contribution in [2.24, 2.45) is 0 Å². The molecule has 4 heteroatoms. The first kappa shape index (κ1) is 12.1. The van der Waals surface area contributed by atoms with Gasteiger partial charge in [-0.1, -0.05) is 11.6 Å². The number of methoxy groups -OCH3 is 1. The summed E-state index contributed by atoms with van der Waals surface area (Å²) in [5.74, 6) is 0.598. The highest BCUT2D eigenvalue weighted by molar-refractivity contribution is 7.12. The molecule has 0 N–H and O–H groups in total. The van der Waals surface area contributed by atoms with E-state index in [1.54, 1.807) is 31.4 Å². The molecule has 0 fully saturated rings. The van der Waals surface area contributed by atoms with Crippen molar-refractivity contribution in [1.82, 2.24) is 0 Å². The highest BCUT2D eigenvalue weighted by Crippen LogP contribution is 2.28. The van der Waals surface area contributed by atoms with Crippen LogP contribution in [0.1, 0.15) is 20.8 Å². The summed E-state index contributed by atoms with van der Waals surface area (Å²) in [7, 11) is 1.56. The minimum atomic E-state index is -0.0222. The van der Waals surface area contributed by atoms with E-state index in [1.165, 1.54) is 11.3 Å². The first-order valence-corrected chi connectivity index (χ1v) is 6.31. The maximum Gasteiger partial charge on any atom is 0.206 e. The van der Waals surface area contributed by atoms with Crippen LogP contribution >= 0.6 is 22.9 Å². The van der Waals surface area contributed by atoms with Gasteiger partial charge in [0.05, 0.1) is 7.11 Å². The molecule has 0 aliphatic rings. The van der Waals surface area contributed by atoms with Gasteiger partial charge in [0.1, 0.15) is 10.6 Å². The third kappa shape index (κ3) is 2.35. The van der Waals surface area contributed by atoms with Crippen LogP contribution in [0.3, 0.4) is 0 Å². The van der Waals surface area contributed by atoms with Gasteiger partial charge in [0, 0.05) is 10.6 Å². The van der Waals surface area contributed by atoms with Gasteiger partial charge in [0.15, 0.2) is 0 Å². The molecule has 0 spiro atoms. The molecule has 1 aromatic carbocycles. The lowest BCUT2D eigenvalue weighted by atomic mass is 10.0. The van der Waals surface area contributed by atoms with Gasteiger partial charge < -0.3 is 4.74 Å². The summed E-state index contributed by atoms with van der Waals surface area (Å²) < 4.78 is 5.16. The van der Waals surface area contributed by atoms with Gasteiger partial charge in [-0.2, -0.15) is 0 Å². The lowest BCUT2D eigenvalue weighted by Crippen LogP contribution is -2.03. The number of carbonyl (C=O) groups is 1. The molecule has 0 bridgehead atoms. The van der Waals surface area contributed by atoms with Crippen LogP contribution in [0.5, 0.6) is 5.75 Å². The summed E-state index contributed by atoms with van der Waals surface area (Å²) in [5, 5.41) is 2.48. The zero-order valence-corrected chi connectivity index (χ0v) is 11.1. The highest BCUT2D eigenvalue weighted by Gasteiger charge is 2.17. The van der Waals surface area contributed by atoms with E-state index in [4.69, 9.17) is 16.3 Å². The number of carbonyl (C=O) groups excluding carboxylic acids is 1. The van der Waals surface area contributed by atoms with Gasteiger partial charge in [-0.25, -0.2) is 0 Å². The van der Waals surface area contributed by atoms with Crippen LogP contribution in [0.2, 0.25) is 5.02 Å². The van der Waals surface area contributed by atoms with Crippen LogP contribution in [-0.2, 0) is 0 Å². The van der Waals surface area contributed by atoms with Crippen LogP contribution in [0.25, 0.3) is 0 Å². The number of ketones is 1. The summed E-state index contributed by atoms with van der Waals surface area (Å²) in [5.41, 5.74) is 1.54. The molecule has 0 aliphatic carbocycles. The van der Waals surface area contributed by atoms with Gasteiger partial charge in [-0.05, 0) is 42.1 Å². The summed E-state index contributed by atoms with van der Waals surface area (Å²) in [6.07, 6.45) is 0. The van der Waals surface area contributed by atoms with Gasteiger partial charge in [0.25, 0.3) is 0 Å². The van der Waals surface area contributed by atoms with Crippen LogP contribution in [0.15, 0.2) is 29.6 Å². The predicted molar refractivity (Wildman–Crippen MR) is 70.5 cm³/mol. The van der Waals surface area contributed by atoms with Gasteiger partial charge in [-0.3, -0.25) is 4.79 Å². The molecule has 0 aliphatic heterocycles. The number of hydrogen-bond donors (Lipinski definition) is 0. The van der Waals surface area contributed by atoms with E-state index in [0.717, 1.165) is 5.56 Å². The van der Waals surface area contributed by atoms with Crippen molar-refractivity contribution in [3.05, 3.63) is 50.7 Å². The van der Waals surface area contributed by atoms with Crippen molar-refractivity contribution in [3.63, 3.8) is 0 Å². The minimum Gasteiger partial charge on any atom is -0.495 e. The molecule has 0 saturated heterocycles. The normalized spacial score (nSPS) is 10.3. The lowest BCUT2D eigenvalue weighted by molar-refractivity contribution is 0.103. The number of benzene rings is 1. The van der Waals surface area contributed by atoms with E-state index in [-0.39, 0.29) is 5.78 Å². The predicted octanol–water partition coefficient (Wildman–Crippen LogP) is 3.95. The molecule has 1 aromatic heterocycles. The summed E-state index contributed by atoms with van der Waals surface area (Å²) in [4.78, 5) is 12.9. The zero-order valence-electron chi connectivity index (χ0n) is 9.49. The van der Waals surface area contributed by atoms with Crippen molar-refractivity contribution in [1.29, 1.82) is 0 Å². The fraction of sp³-hybridized carbons (Fsp3) is 0.154. The number of hydrogen-bond acceptors (Lipinski definition) is 3. The first-order chi connectivity index (χ1) is 8.13. The SMILES string of the molecule is COc1ccsc1C(=O)c1ccc(Cl)cc1C. The van der Waals surface area contributed by atoms with E-state index in [2.05, 4.69) is 0 Å². The van der Waals surface area contributed by atoms with Crippen molar-refractivity contribution >= 4 is 28.7 Å². The zero-order chi connectivity index (χ0) is 12.4.